The van der Waals surface area contributed by atoms with Gasteiger partial charge in [0.1, 0.15) is 0 Å². The van der Waals surface area contributed by atoms with Crippen LogP contribution in [0.15, 0.2) is 0 Å². The van der Waals surface area contributed by atoms with Crippen LogP contribution >= 0.6 is 0 Å². The van der Waals surface area contributed by atoms with Crippen LogP contribution < -0.4 is 11.1 Å². The summed E-state index contributed by atoms with van der Waals surface area (Å²) in [6.45, 7) is 2.13. The van der Waals surface area contributed by atoms with Crippen LogP contribution in [0.25, 0.3) is 0 Å². The van der Waals surface area contributed by atoms with Gasteiger partial charge in [0.25, 0.3) is 0 Å². The molecule has 0 heterocycles. The molecule has 14 heavy (non-hydrogen) atoms. The molecule has 0 saturated heterocycles. The van der Waals surface area contributed by atoms with E-state index in [0.29, 0.717) is 0 Å². The van der Waals surface area contributed by atoms with Crippen LogP contribution in [0.1, 0.15) is 44.9 Å². The van der Waals surface area contributed by atoms with Crippen molar-refractivity contribution in [3.05, 3.63) is 0 Å². The fourth-order valence-corrected chi connectivity index (χ4v) is 3.12. The van der Waals surface area contributed by atoms with Gasteiger partial charge in [0.15, 0.2) is 0 Å². The maximum Gasteiger partial charge on any atom is 0.0107 e. The first-order chi connectivity index (χ1) is 6.90. The molecule has 2 aliphatic carbocycles. The van der Waals surface area contributed by atoms with Crippen molar-refractivity contribution in [2.24, 2.45) is 17.6 Å². The lowest BCUT2D eigenvalue weighted by Gasteiger charge is -2.21. The van der Waals surface area contributed by atoms with Crippen molar-refractivity contribution in [1.29, 1.82) is 0 Å². The van der Waals surface area contributed by atoms with Gasteiger partial charge in [-0.25, -0.2) is 0 Å². The zero-order valence-corrected chi connectivity index (χ0v) is 9.17. The first-order valence-corrected chi connectivity index (χ1v) is 6.33. The molecule has 0 aliphatic heterocycles. The Balaban J connectivity index is 1.68. The average molecular weight is 196 g/mol. The lowest BCUT2D eigenvalue weighted by molar-refractivity contribution is 0.371. The lowest BCUT2D eigenvalue weighted by atomic mass is 10.0. The number of hydrogen-bond acceptors (Lipinski definition) is 2. The van der Waals surface area contributed by atoms with E-state index in [1.807, 2.05) is 0 Å². The zero-order chi connectivity index (χ0) is 9.80. The van der Waals surface area contributed by atoms with Crippen molar-refractivity contribution < 1.29 is 0 Å². The van der Waals surface area contributed by atoms with Crippen molar-refractivity contribution in [3.8, 4) is 0 Å². The molecule has 2 unspecified atom stereocenters. The molecule has 2 atom stereocenters. The topological polar surface area (TPSA) is 38.0 Å². The minimum atomic E-state index is 0.737. The minimum Gasteiger partial charge on any atom is -0.330 e. The average Bonchev–Trinajstić information content (AvgIpc) is 2.85. The van der Waals surface area contributed by atoms with Crippen molar-refractivity contribution >= 4 is 0 Å². The van der Waals surface area contributed by atoms with Crippen molar-refractivity contribution in [2.75, 3.05) is 13.1 Å². The smallest absolute Gasteiger partial charge is 0.0107 e. The Kier molecular flexibility index (Phi) is 3.82. The Morgan fingerprint density at radius 3 is 2.50 bits per heavy atom. The molecule has 2 rings (SSSR count). The number of rotatable bonds is 4. The van der Waals surface area contributed by atoms with E-state index in [1.54, 1.807) is 0 Å². The summed E-state index contributed by atoms with van der Waals surface area (Å²) in [4.78, 5) is 0. The van der Waals surface area contributed by atoms with Gasteiger partial charge in [0, 0.05) is 6.04 Å². The molecule has 2 fully saturated rings. The molecule has 0 aromatic carbocycles. The third-order valence-corrected chi connectivity index (χ3v) is 4.11. The van der Waals surface area contributed by atoms with Gasteiger partial charge in [0.05, 0.1) is 0 Å². The molecular weight excluding hydrogens is 172 g/mol. The molecule has 2 aliphatic rings. The van der Waals surface area contributed by atoms with E-state index in [0.717, 1.165) is 24.4 Å². The quantitative estimate of drug-likeness (QED) is 0.720. The summed E-state index contributed by atoms with van der Waals surface area (Å²) in [7, 11) is 0. The summed E-state index contributed by atoms with van der Waals surface area (Å²) in [5.74, 6) is 1.73. The van der Waals surface area contributed by atoms with E-state index in [-0.39, 0.29) is 0 Å². The maximum absolute atomic E-state index is 5.77. The summed E-state index contributed by atoms with van der Waals surface area (Å²) in [5, 5.41) is 3.74. The number of hydrogen-bond donors (Lipinski definition) is 2. The molecule has 0 bridgehead atoms. The summed E-state index contributed by atoms with van der Waals surface area (Å²) in [6, 6.07) is 0.737. The van der Waals surface area contributed by atoms with Gasteiger partial charge in [-0.05, 0) is 50.6 Å². The van der Waals surface area contributed by atoms with E-state index in [1.165, 1.54) is 51.5 Å². The maximum atomic E-state index is 5.77. The first kappa shape index (κ1) is 10.4. The molecule has 0 amide bonds. The van der Waals surface area contributed by atoms with Crippen molar-refractivity contribution in [1.82, 2.24) is 5.32 Å². The fourth-order valence-electron chi connectivity index (χ4n) is 3.12. The van der Waals surface area contributed by atoms with E-state index >= 15 is 0 Å². The molecule has 82 valence electrons. The van der Waals surface area contributed by atoms with E-state index in [2.05, 4.69) is 5.32 Å². The molecule has 2 nitrogen and oxygen atoms in total. The summed E-state index contributed by atoms with van der Waals surface area (Å²) in [5.41, 5.74) is 5.77. The highest BCUT2D eigenvalue weighted by molar-refractivity contribution is 4.84. The Morgan fingerprint density at radius 1 is 1.00 bits per heavy atom. The monoisotopic (exact) mass is 196 g/mol. The number of nitrogens with two attached hydrogens (primary N) is 1. The predicted molar refractivity (Wildman–Crippen MR) is 60.1 cm³/mol. The fraction of sp³-hybridized carbons (Fsp3) is 1.00. The van der Waals surface area contributed by atoms with Crippen LogP contribution in [0.5, 0.6) is 0 Å². The zero-order valence-electron chi connectivity index (χ0n) is 9.17. The summed E-state index contributed by atoms with van der Waals surface area (Å²) < 4.78 is 0. The van der Waals surface area contributed by atoms with E-state index in [4.69, 9.17) is 5.73 Å². The van der Waals surface area contributed by atoms with Crippen LogP contribution in [0, 0.1) is 11.8 Å². The highest BCUT2D eigenvalue weighted by Gasteiger charge is 2.26. The highest BCUT2D eigenvalue weighted by atomic mass is 14.9. The van der Waals surface area contributed by atoms with Crippen molar-refractivity contribution in [2.45, 2.75) is 51.0 Å². The summed E-state index contributed by atoms with van der Waals surface area (Å²) >= 11 is 0. The second-order valence-electron chi connectivity index (χ2n) is 5.09. The SMILES string of the molecule is NCC1CCCC1NCC1CCCC1. The lowest BCUT2D eigenvalue weighted by Crippen LogP contribution is -2.38. The van der Waals surface area contributed by atoms with E-state index < -0.39 is 0 Å². The first-order valence-electron chi connectivity index (χ1n) is 6.33. The Labute approximate surface area is 87.6 Å². The van der Waals surface area contributed by atoms with Gasteiger partial charge >= 0.3 is 0 Å². The van der Waals surface area contributed by atoms with Crippen LogP contribution in [0.4, 0.5) is 0 Å². The summed E-state index contributed by atoms with van der Waals surface area (Å²) in [6.07, 6.45) is 9.90. The largest absolute Gasteiger partial charge is 0.330 e. The standard InChI is InChI=1S/C12H24N2/c13-8-11-6-3-7-12(11)14-9-10-4-1-2-5-10/h10-12,14H,1-9,13H2. The van der Waals surface area contributed by atoms with Gasteiger partial charge in [-0.15, -0.1) is 0 Å². The molecule has 2 heteroatoms. The molecule has 0 spiro atoms. The Bertz CT molecular complexity index is 164. The third-order valence-electron chi connectivity index (χ3n) is 4.11. The molecule has 0 aromatic rings. The predicted octanol–water partition coefficient (Wildman–Crippen LogP) is 1.89. The Hall–Kier alpha value is -0.0800. The van der Waals surface area contributed by atoms with Crippen molar-refractivity contribution in [3.63, 3.8) is 0 Å². The normalized spacial score (nSPS) is 34.1. The Morgan fingerprint density at radius 2 is 1.79 bits per heavy atom. The molecule has 3 N–H and O–H groups in total. The second-order valence-corrected chi connectivity index (χ2v) is 5.09. The van der Waals surface area contributed by atoms with Gasteiger partial charge in [0.2, 0.25) is 0 Å². The van der Waals surface area contributed by atoms with Gasteiger partial charge in [-0.3, -0.25) is 0 Å². The van der Waals surface area contributed by atoms with Crippen LogP contribution in [-0.2, 0) is 0 Å². The second kappa shape index (κ2) is 5.13. The van der Waals surface area contributed by atoms with E-state index in [9.17, 15) is 0 Å². The number of nitrogens with one attached hydrogen (secondary N) is 1. The highest BCUT2D eigenvalue weighted by Crippen LogP contribution is 2.27. The molecule has 2 saturated carbocycles. The minimum absolute atomic E-state index is 0.737. The third kappa shape index (κ3) is 2.48. The van der Waals surface area contributed by atoms with Crippen LogP contribution in [0.3, 0.4) is 0 Å². The van der Waals surface area contributed by atoms with Gasteiger partial charge < -0.3 is 11.1 Å². The van der Waals surface area contributed by atoms with Crippen LogP contribution in [0.2, 0.25) is 0 Å². The molecule has 0 radical (unpaired) electrons. The van der Waals surface area contributed by atoms with Gasteiger partial charge in [-0.1, -0.05) is 19.3 Å². The van der Waals surface area contributed by atoms with Crippen LogP contribution in [-0.4, -0.2) is 19.1 Å². The molecule has 0 aromatic heterocycles. The van der Waals surface area contributed by atoms with Gasteiger partial charge in [-0.2, -0.15) is 0 Å². The molecular formula is C12H24N2.